The topological polar surface area (TPSA) is 72.0 Å². The lowest BCUT2D eigenvalue weighted by molar-refractivity contribution is 0.158. The van der Waals surface area contributed by atoms with E-state index in [0.29, 0.717) is 11.8 Å². The van der Waals surface area contributed by atoms with Gasteiger partial charge in [0.25, 0.3) is 0 Å². The molecule has 2 fully saturated rings. The Morgan fingerprint density at radius 2 is 1.89 bits per heavy atom. The average Bonchev–Trinajstić information content (AvgIpc) is 2.75. The summed E-state index contributed by atoms with van der Waals surface area (Å²) in [6.07, 6.45) is 14.9. The first kappa shape index (κ1) is 19.4. The zero-order chi connectivity index (χ0) is 19.2. The largest absolute Gasteiger partial charge is 0.474 e. The number of nitrogens with zero attached hydrogens (tertiary/aromatic N) is 3. The van der Waals surface area contributed by atoms with Gasteiger partial charge in [-0.2, -0.15) is 0 Å². The number of hydrogen-bond acceptors (Lipinski definition) is 6. The molecule has 2 aromatic rings. The molecule has 1 saturated heterocycles. The predicted molar refractivity (Wildman–Crippen MR) is 113 cm³/mol. The molecule has 28 heavy (non-hydrogen) atoms. The van der Waals surface area contributed by atoms with Gasteiger partial charge in [0.15, 0.2) is 0 Å². The fraction of sp³-hybridized carbons (Fsp3) is 0.682. The van der Waals surface area contributed by atoms with Crippen molar-refractivity contribution in [2.45, 2.75) is 76.7 Å². The molecule has 1 saturated carbocycles. The first-order chi connectivity index (χ1) is 13.8. The lowest BCUT2D eigenvalue weighted by Crippen LogP contribution is -2.34. The van der Waals surface area contributed by atoms with Crippen LogP contribution in [0.25, 0.3) is 10.9 Å². The highest BCUT2D eigenvalue weighted by atomic mass is 16.5. The summed E-state index contributed by atoms with van der Waals surface area (Å²) in [6.45, 7) is 5.11. The molecule has 6 nitrogen and oxygen atoms in total. The van der Waals surface area contributed by atoms with Crippen molar-refractivity contribution in [2.24, 2.45) is 0 Å². The maximum absolute atomic E-state index is 6.30. The van der Waals surface area contributed by atoms with Gasteiger partial charge in [0, 0.05) is 24.5 Å². The molecule has 0 atom stereocenters. The number of fused-ring (bicyclic) bond motifs is 1. The van der Waals surface area contributed by atoms with Crippen molar-refractivity contribution < 1.29 is 4.74 Å². The number of rotatable bonds is 7. The van der Waals surface area contributed by atoms with Gasteiger partial charge in [0.2, 0.25) is 11.8 Å². The van der Waals surface area contributed by atoms with Crippen LogP contribution in [0.4, 0.5) is 5.95 Å². The van der Waals surface area contributed by atoms with Crippen molar-refractivity contribution in [2.75, 3.05) is 25.0 Å². The van der Waals surface area contributed by atoms with E-state index in [2.05, 4.69) is 22.5 Å². The van der Waals surface area contributed by atoms with E-state index in [1.807, 2.05) is 12.4 Å². The smallest absolute Gasteiger partial charge is 0.224 e. The summed E-state index contributed by atoms with van der Waals surface area (Å²) in [7, 11) is 0. The van der Waals surface area contributed by atoms with Gasteiger partial charge in [-0.05, 0) is 51.1 Å². The van der Waals surface area contributed by atoms with Crippen LogP contribution in [0.2, 0.25) is 0 Å². The van der Waals surface area contributed by atoms with Crippen molar-refractivity contribution in [1.82, 2.24) is 20.3 Å². The third kappa shape index (κ3) is 4.54. The van der Waals surface area contributed by atoms with Gasteiger partial charge in [0.05, 0.1) is 10.9 Å². The van der Waals surface area contributed by atoms with Gasteiger partial charge < -0.3 is 15.4 Å². The summed E-state index contributed by atoms with van der Waals surface area (Å²) in [6, 6.07) is 0. The maximum Gasteiger partial charge on any atom is 0.224 e. The number of pyridine rings is 1. The van der Waals surface area contributed by atoms with Gasteiger partial charge in [-0.1, -0.05) is 32.6 Å². The molecule has 1 aliphatic carbocycles. The molecule has 0 spiro atoms. The number of piperidine rings is 1. The fourth-order valence-electron chi connectivity index (χ4n) is 4.36. The van der Waals surface area contributed by atoms with Crippen LogP contribution in [-0.2, 0) is 0 Å². The Hall–Kier alpha value is -1.95. The molecule has 0 amide bonds. The quantitative estimate of drug-likeness (QED) is 0.690. The third-order valence-electron chi connectivity index (χ3n) is 6.04. The van der Waals surface area contributed by atoms with E-state index in [1.165, 1.54) is 37.7 Å². The van der Waals surface area contributed by atoms with Gasteiger partial charge >= 0.3 is 0 Å². The Morgan fingerprint density at radius 3 is 2.68 bits per heavy atom. The van der Waals surface area contributed by atoms with Gasteiger partial charge in [0.1, 0.15) is 6.10 Å². The summed E-state index contributed by atoms with van der Waals surface area (Å²) in [5, 5.41) is 7.73. The molecule has 0 aromatic carbocycles. The molecular formula is C22H33N5O. The highest BCUT2D eigenvalue weighted by molar-refractivity contribution is 5.86. The first-order valence-corrected chi connectivity index (χ1v) is 11.1. The van der Waals surface area contributed by atoms with E-state index in [4.69, 9.17) is 14.7 Å². The minimum atomic E-state index is 0.222. The van der Waals surface area contributed by atoms with Crippen LogP contribution in [0.1, 0.15) is 76.2 Å². The number of unbranched alkanes of at least 4 members (excludes halogenated alkanes) is 1. The molecule has 6 heteroatoms. The number of hydrogen-bond donors (Lipinski definition) is 2. The van der Waals surface area contributed by atoms with Crippen LogP contribution in [0, 0.1) is 0 Å². The molecule has 2 aromatic heterocycles. The molecule has 3 heterocycles. The van der Waals surface area contributed by atoms with E-state index >= 15 is 0 Å². The third-order valence-corrected chi connectivity index (χ3v) is 6.04. The maximum atomic E-state index is 6.30. The van der Waals surface area contributed by atoms with Crippen molar-refractivity contribution in [3.63, 3.8) is 0 Å². The van der Waals surface area contributed by atoms with Gasteiger partial charge in [-0.25, -0.2) is 15.0 Å². The number of nitrogens with one attached hydrogen (secondary N) is 2. The minimum Gasteiger partial charge on any atom is -0.474 e. The first-order valence-electron chi connectivity index (χ1n) is 11.1. The fourth-order valence-corrected chi connectivity index (χ4v) is 4.36. The Bertz CT molecular complexity index is 769. The number of ether oxygens (including phenoxy) is 1. The minimum absolute atomic E-state index is 0.222. The molecule has 2 N–H and O–H groups in total. The highest BCUT2D eigenvalue weighted by Crippen LogP contribution is 2.37. The summed E-state index contributed by atoms with van der Waals surface area (Å²) in [4.78, 5) is 14.2. The predicted octanol–water partition coefficient (Wildman–Crippen LogP) is 4.42. The molecule has 0 bridgehead atoms. The Balaban J connectivity index is 1.66. The standard InChI is InChI=1S/C22H33N5O/c1-2-3-11-24-22-26-15-19-20(27-22)18(16-7-5-4-6-8-16)14-25-21(19)28-17-9-12-23-13-10-17/h14-17,23H,2-13H2,1H3,(H,24,26,27). The second-order valence-electron chi connectivity index (χ2n) is 8.16. The van der Waals surface area contributed by atoms with Crippen LogP contribution in [0.15, 0.2) is 12.4 Å². The Morgan fingerprint density at radius 1 is 1.07 bits per heavy atom. The van der Waals surface area contributed by atoms with Crippen molar-refractivity contribution in [1.29, 1.82) is 0 Å². The number of anilines is 1. The van der Waals surface area contributed by atoms with Gasteiger partial charge in [-0.3, -0.25) is 0 Å². The Kier molecular flexibility index (Phi) is 6.57. The lowest BCUT2D eigenvalue weighted by Gasteiger charge is -2.25. The summed E-state index contributed by atoms with van der Waals surface area (Å²) < 4.78 is 6.30. The summed E-state index contributed by atoms with van der Waals surface area (Å²) >= 11 is 0. The number of aromatic nitrogens is 3. The lowest BCUT2D eigenvalue weighted by atomic mass is 9.84. The van der Waals surface area contributed by atoms with Crippen molar-refractivity contribution in [3.8, 4) is 5.88 Å². The Labute approximate surface area is 167 Å². The van der Waals surface area contributed by atoms with Crippen molar-refractivity contribution in [3.05, 3.63) is 18.0 Å². The van der Waals surface area contributed by atoms with Crippen LogP contribution in [0.3, 0.4) is 0 Å². The zero-order valence-corrected chi connectivity index (χ0v) is 17.0. The van der Waals surface area contributed by atoms with E-state index in [1.54, 1.807) is 0 Å². The second kappa shape index (κ2) is 9.50. The second-order valence-corrected chi connectivity index (χ2v) is 8.16. The summed E-state index contributed by atoms with van der Waals surface area (Å²) in [5.74, 6) is 1.97. The average molecular weight is 384 g/mol. The molecule has 2 aliphatic rings. The molecule has 0 unspecified atom stereocenters. The molecule has 1 aliphatic heterocycles. The monoisotopic (exact) mass is 383 g/mol. The van der Waals surface area contributed by atoms with Gasteiger partial charge in [-0.15, -0.1) is 0 Å². The zero-order valence-electron chi connectivity index (χ0n) is 17.0. The van der Waals surface area contributed by atoms with Crippen LogP contribution in [-0.4, -0.2) is 40.7 Å². The van der Waals surface area contributed by atoms with E-state index in [-0.39, 0.29) is 6.10 Å². The van der Waals surface area contributed by atoms with Crippen LogP contribution < -0.4 is 15.4 Å². The highest BCUT2D eigenvalue weighted by Gasteiger charge is 2.23. The normalized spacial score (nSPS) is 19.0. The van der Waals surface area contributed by atoms with E-state index < -0.39 is 0 Å². The van der Waals surface area contributed by atoms with Crippen molar-refractivity contribution >= 4 is 16.9 Å². The SMILES string of the molecule is CCCCNc1ncc2c(OC3CCNCC3)ncc(C3CCCCC3)c2n1. The van der Waals surface area contributed by atoms with Crippen LogP contribution in [0.5, 0.6) is 5.88 Å². The summed E-state index contributed by atoms with van der Waals surface area (Å²) in [5.41, 5.74) is 2.30. The molecule has 0 radical (unpaired) electrons. The molecular weight excluding hydrogens is 350 g/mol. The molecule has 4 rings (SSSR count). The van der Waals surface area contributed by atoms with Crippen LogP contribution >= 0.6 is 0 Å². The molecule has 152 valence electrons. The van der Waals surface area contributed by atoms with E-state index in [0.717, 1.165) is 62.2 Å². The van der Waals surface area contributed by atoms with E-state index in [9.17, 15) is 0 Å².